The van der Waals surface area contributed by atoms with E-state index in [9.17, 15) is 0 Å². The zero-order valence-corrected chi connectivity index (χ0v) is 39.9. The van der Waals surface area contributed by atoms with Gasteiger partial charge in [-0.3, -0.25) is 0 Å². The van der Waals surface area contributed by atoms with Gasteiger partial charge in [0, 0.05) is 16.8 Å². The van der Waals surface area contributed by atoms with E-state index in [0.29, 0.717) is 0 Å². The van der Waals surface area contributed by atoms with Gasteiger partial charge in [0.25, 0.3) is 0 Å². The van der Waals surface area contributed by atoms with Crippen LogP contribution in [0.15, 0.2) is 267 Å². The lowest BCUT2D eigenvalue weighted by Gasteiger charge is -2.35. The summed E-state index contributed by atoms with van der Waals surface area (Å²) in [5.41, 5.74) is 21.1. The third-order valence-corrected chi connectivity index (χ3v) is 14.5. The van der Waals surface area contributed by atoms with Crippen molar-refractivity contribution in [3.05, 3.63) is 295 Å². The van der Waals surface area contributed by atoms with E-state index in [-0.39, 0.29) is 5.41 Å². The molecule has 0 fully saturated rings. The molecule has 0 bridgehead atoms. The molecular weight excluding hydrogens is 843 g/mol. The zero-order chi connectivity index (χ0) is 47.2. The van der Waals surface area contributed by atoms with E-state index in [2.05, 4.69) is 293 Å². The zero-order valence-electron chi connectivity index (χ0n) is 39.9. The summed E-state index contributed by atoms with van der Waals surface area (Å²) in [6.07, 6.45) is 0. The van der Waals surface area contributed by atoms with Gasteiger partial charge in [-0.15, -0.1) is 0 Å². The van der Waals surface area contributed by atoms with Crippen molar-refractivity contribution < 1.29 is 0 Å². The second-order valence-electron chi connectivity index (χ2n) is 19.6. The standard InChI is InChI=1S/C69H53N/c1-68(2,3)55-40-36-50(37-41-55)54-39-44-65(62(46-54)51-22-10-5-11-23-51)70(66-45-38-52-24-16-17-29-59(52)67(66)53-34-32-49(33-35-53)48-20-8-4-9-21-48)58-42-43-61-60-30-18-19-31-63(60)69(64(61)47-58,56-25-12-6-13-26-56)57-27-14-7-15-28-57/h4-47H,1-3H3. The van der Waals surface area contributed by atoms with Crippen LogP contribution in [-0.2, 0) is 10.8 Å². The second kappa shape index (κ2) is 17.5. The number of nitrogens with zero attached hydrogens (tertiary/aromatic N) is 1. The van der Waals surface area contributed by atoms with Crippen molar-refractivity contribution in [2.45, 2.75) is 31.6 Å². The van der Waals surface area contributed by atoms with Gasteiger partial charge in [-0.2, -0.15) is 0 Å². The summed E-state index contributed by atoms with van der Waals surface area (Å²) >= 11 is 0. The van der Waals surface area contributed by atoms with Crippen LogP contribution in [0.3, 0.4) is 0 Å². The van der Waals surface area contributed by atoms with Crippen molar-refractivity contribution in [1.29, 1.82) is 0 Å². The fourth-order valence-electron chi connectivity index (χ4n) is 11.1. The average molecular weight is 896 g/mol. The second-order valence-corrected chi connectivity index (χ2v) is 19.6. The first-order valence-electron chi connectivity index (χ1n) is 24.5. The quantitative estimate of drug-likeness (QED) is 0.140. The minimum Gasteiger partial charge on any atom is -0.309 e. The largest absolute Gasteiger partial charge is 0.309 e. The lowest BCUT2D eigenvalue weighted by Crippen LogP contribution is -2.28. The van der Waals surface area contributed by atoms with Gasteiger partial charge in [-0.25, -0.2) is 0 Å². The van der Waals surface area contributed by atoms with E-state index in [1.807, 2.05) is 0 Å². The number of fused-ring (bicyclic) bond motifs is 4. The Morgan fingerprint density at radius 3 is 1.50 bits per heavy atom. The molecule has 0 aliphatic heterocycles. The predicted molar refractivity (Wildman–Crippen MR) is 296 cm³/mol. The summed E-state index contributed by atoms with van der Waals surface area (Å²) < 4.78 is 0. The molecule has 0 unspecified atom stereocenters. The Kier molecular flexibility index (Phi) is 10.7. The molecular formula is C69H53N. The fraction of sp³-hybridized carbons (Fsp3) is 0.0725. The first-order valence-corrected chi connectivity index (χ1v) is 24.5. The molecule has 12 rings (SSSR count). The van der Waals surface area contributed by atoms with Gasteiger partial charge in [0.05, 0.1) is 16.8 Å². The number of hydrogen-bond acceptors (Lipinski definition) is 1. The summed E-state index contributed by atoms with van der Waals surface area (Å²) in [6, 6.07) is 99.0. The molecule has 11 aromatic carbocycles. The molecule has 0 aromatic heterocycles. The Bertz CT molecular complexity index is 3600. The van der Waals surface area contributed by atoms with Crippen LogP contribution < -0.4 is 4.90 Å². The first kappa shape index (κ1) is 42.8. The highest BCUT2D eigenvalue weighted by atomic mass is 15.1. The molecule has 334 valence electrons. The van der Waals surface area contributed by atoms with Crippen molar-refractivity contribution in [1.82, 2.24) is 0 Å². The Labute approximate surface area is 412 Å². The van der Waals surface area contributed by atoms with Crippen molar-refractivity contribution in [2.75, 3.05) is 4.90 Å². The van der Waals surface area contributed by atoms with Gasteiger partial charge in [0.2, 0.25) is 0 Å². The molecule has 0 heterocycles. The van der Waals surface area contributed by atoms with E-state index >= 15 is 0 Å². The number of anilines is 3. The topological polar surface area (TPSA) is 3.24 Å². The van der Waals surface area contributed by atoms with E-state index < -0.39 is 5.41 Å². The summed E-state index contributed by atoms with van der Waals surface area (Å²) in [6.45, 7) is 6.83. The minimum atomic E-state index is -0.569. The predicted octanol–water partition coefficient (Wildman–Crippen LogP) is 18.6. The summed E-state index contributed by atoms with van der Waals surface area (Å²) in [7, 11) is 0. The van der Waals surface area contributed by atoms with Gasteiger partial charge >= 0.3 is 0 Å². The Morgan fingerprint density at radius 1 is 0.329 bits per heavy atom. The van der Waals surface area contributed by atoms with Crippen LogP contribution in [0.4, 0.5) is 17.1 Å². The summed E-state index contributed by atoms with van der Waals surface area (Å²) in [5.74, 6) is 0. The molecule has 0 radical (unpaired) electrons. The molecule has 0 spiro atoms. The fourth-order valence-corrected chi connectivity index (χ4v) is 11.1. The number of hydrogen-bond donors (Lipinski definition) is 0. The van der Waals surface area contributed by atoms with Crippen LogP contribution in [0.25, 0.3) is 66.4 Å². The van der Waals surface area contributed by atoms with Gasteiger partial charge in [0.1, 0.15) is 0 Å². The molecule has 0 saturated carbocycles. The normalized spacial score (nSPS) is 12.6. The van der Waals surface area contributed by atoms with Gasteiger partial charge in [-0.1, -0.05) is 257 Å². The first-order chi connectivity index (χ1) is 34.4. The number of benzene rings is 11. The van der Waals surface area contributed by atoms with Crippen LogP contribution in [0.5, 0.6) is 0 Å². The molecule has 1 nitrogen and oxygen atoms in total. The molecule has 11 aromatic rings. The maximum Gasteiger partial charge on any atom is 0.0714 e. The average Bonchev–Trinajstić information content (AvgIpc) is 3.72. The van der Waals surface area contributed by atoms with Crippen LogP contribution >= 0.6 is 0 Å². The van der Waals surface area contributed by atoms with E-state index in [4.69, 9.17) is 0 Å². The Hall–Kier alpha value is -8.52. The molecule has 1 aliphatic carbocycles. The lowest BCUT2D eigenvalue weighted by molar-refractivity contribution is 0.590. The van der Waals surface area contributed by atoms with E-state index in [1.165, 1.54) is 77.5 Å². The van der Waals surface area contributed by atoms with Crippen LogP contribution in [0.2, 0.25) is 0 Å². The van der Waals surface area contributed by atoms with Gasteiger partial charge < -0.3 is 4.90 Å². The third-order valence-electron chi connectivity index (χ3n) is 14.5. The SMILES string of the molecule is CC(C)(C)c1ccc(-c2ccc(N(c3ccc4c(c3)C(c3ccccc3)(c3ccccc3)c3ccccc3-4)c3ccc4ccccc4c3-c3ccc(-c4ccccc4)cc3)c(-c3ccccc3)c2)cc1. The molecule has 0 N–H and O–H groups in total. The highest BCUT2D eigenvalue weighted by Gasteiger charge is 2.46. The molecule has 1 heteroatoms. The molecule has 0 amide bonds. The summed E-state index contributed by atoms with van der Waals surface area (Å²) in [4.78, 5) is 2.55. The Morgan fingerprint density at radius 2 is 0.829 bits per heavy atom. The highest BCUT2D eigenvalue weighted by molar-refractivity contribution is 6.07. The Balaban J connectivity index is 1.16. The van der Waals surface area contributed by atoms with Gasteiger partial charge in [-0.05, 0) is 119 Å². The van der Waals surface area contributed by atoms with Crippen LogP contribution in [0, 0.1) is 0 Å². The van der Waals surface area contributed by atoms with E-state index in [1.54, 1.807) is 0 Å². The molecule has 1 aliphatic rings. The maximum absolute atomic E-state index is 2.55. The van der Waals surface area contributed by atoms with Crippen LogP contribution in [-0.4, -0.2) is 0 Å². The van der Waals surface area contributed by atoms with Gasteiger partial charge in [0.15, 0.2) is 0 Å². The molecule has 0 atom stereocenters. The van der Waals surface area contributed by atoms with Crippen molar-refractivity contribution in [3.63, 3.8) is 0 Å². The molecule has 0 saturated heterocycles. The minimum absolute atomic E-state index is 0.0629. The summed E-state index contributed by atoms with van der Waals surface area (Å²) in [5, 5.41) is 2.40. The molecule has 70 heavy (non-hydrogen) atoms. The van der Waals surface area contributed by atoms with Crippen molar-refractivity contribution in [3.8, 4) is 55.6 Å². The lowest BCUT2D eigenvalue weighted by atomic mass is 9.67. The third kappa shape index (κ3) is 7.34. The van der Waals surface area contributed by atoms with Crippen molar-refractivity contribution >= 4 is 27.8 Å². The van der Waals surface area contributed by atoms with Crippen LogP contribution in [0.1, 0.15) is 48.6 Å². The van der Waals surface area contributed by atoms with E-state index in [0.717, 1.165) is 33.8 Å². The highest BCUT2D eigenvalue weighted by Crippen LogP contribution is 2.58. The van der Waals surface area contributed by atoms with Crippen molar-refractivity contribution in [2.24, 2.45) is 0 Å². The smallest absolute Gasteiger partial charge is 0.0714 e. The monoisotopic (exact) mass is 895 g/mol. The maximum atomic E-state index is 2.55. The number of rotatable bonds is 9.